The second kappa shape index (κ2) is 5.83. The number of hydrogen-bond donors (Lipinski definition) is 0. The number of hydrogen-bond acceptors (Lipinski definition) is 4. The highest BCUT2D eigenvalue weighted by Crippen LogP contribution is 2.21. The fraction of sp³-hybridized carbons (Fsp3) is 0.438. The average Bonchev–Trinajstić information content (AvgIpc) is 2.40. The van der Waals surface area contributed by atoms with E-state index < -0.39 is 5.41 Å². The van der Waals surface area contributed by atoms with Crippen LogP contribution in [-0.4, -0.2) is 15.5 Å². The van der Waals surface area contributed by atoms with E-state index in [1.54, 1.807) is 33.8 Å². The number of carbonyl (C=O) groups excluding carboxylic acids is 1. The lowest BCUT2D eigenvalue weighted by Gasteiger charge is -2.18. The van der Waals surface area contributed by atoms with Gasteiger partial charge in [0.15, 0.2) is 6.73 Å². The fourth-order valence-electron chi connectivity index (χ4n) is 1.95. The summed E-state index contributed by atoms with van der Waals surface area (Å²) in [5.74, 6) is 0.154. The Morgan fingerprint density at radius 2 is 1.95 bits per heavy atom. The van der Waals surface area contributed by atoms with Crippen molar-refractivity contribution in [1.82, 2.24) is 9.55 Å². The Bertz CT molecular complexity index is 804. The molecule has 0 aliphatic rings. The first-order valence-corrected chi connectivity index (χ1v) is 7.75. The van der Waals surface area contributed by atoms with Crippen LogP contribution in [0.4, 0.5) is 0 Å². The molecule has 0 saturated heterocycles. The molecule has 0 saturated carbocycles. The summed E-state index contributed by atoms with van der Waals surface area (Å²) in [5.41, 5.74) is 0.759. The average molecular weight is 367 g/mol. The molecule has 0 aliphatic heterocycles. The molecule has 0 aliphatic carbocycles. The molecule has 6 heteroatoms. The highest BCUT2D eigenvalue weighted by atomic mass is 79.9. The van der Waals surface area contributed by atoms with Crippen LogP contribution in [0.3, 0.4) is 0 Å². The number of fused-ring (bicyclic) bond motifs is 1. The minimum absolute atomic E-state index is 0.126. The van der Waals surface area contributed by atoms with E-state index in [2.05, 4.69) is 20.9 Å². The Hall–Kier alpha value is -1.69. The molecule has 0 bridgehead atoms. The molecule has 2 aromatic rings. The van der Waals surface area contributed by atoms with Crippen LogP contribution in [0.2, 0.25) is 0 Å². The topological polar surface area (TPSA) is 61.2 Å². The zero-order chi connectivity index (χ0) is 16.7. The van der Waals surface area contributed by atoms with Crippen molar-refractivity contribution in [3.8, 4) is 0 Å². The summed E-state index contributed by atoms with van der Waals surface area (Å²) in [6, 6.07) is 3.61. The summed E-state index contributed by atoms with van der Waals surface area (Å²) in [4.78, 5) is 28.9. The number of rotatable bonds is 2. The summed E-state index contributed by atoms with van der Waals surface area (Å²) in [6.45, 7) is 8.81. The molecule has 0 radical (unpaired) electrons. The van der Waals surface area contributed by atoms with Crippen molar-refractivity contribution in [2.45, 2.75) is 41.3 Å². The lowest BCUT2D eigenvalue weighted by molar-refractivity contribution is -0.157. The van der Waals surface area contributed by atoms with E-state index in [9.17, 15) is 9.59 Å². The van der Waals surface area contributed by atoms with E-state index in [1.807, 2.05) is 13.0 Å². The third-order valence-corrected chi connectivity index (χ3v) is 4.22. The van der Waals surface area contributed by atoms with Gasteiger partial charge in [-0.05, 0) is 52.3 Å². The van der Waals surface area contributed by atoms with E-state index in [1.165, 1.54) is 4.57 Å². The Labute approximate surface area is 137 Å². The van der Waals surface area contributed by atoms with Gasteiger partial charge >= 0.3 is 5.97 Å². The zero-order valence-corrected chi connectivity index (χ0v) is 14.9. The van der Waals surface area contributed by atoms with E-state index in [4.69, 9.17) is 4.74 Å². The minimum atomic E-state index is -0.608. The van der Waals surface area contributed by atoms with Gasteiger partial charge in [-0.25, -0.2) is 4.98 Å². The van der Waals surface area contributed by atoms with Crippen molar-refractivity contribution < 1.29 is 9.53 Å². The first-order valence-electron chi connectivity index (χ1n) is 6.96. The van der Waals surface area contributed by atoms with Gasteiger partial charge in [0.2, 0.25) is 0 Å². The Morgan fingerprint density at radius 1 is 1.32 bits per heavy atom. The third-order valence-electron chi connectivity index (χ3n) is 3.36. The number of ether oxygens (including phenoxy) is 1. The Balaban J connectivity index is 2.45. The van der Waals surface area contributed by atoms with Crippen molar-refractivity contribution in [3.63, 3.8) is 0 Å². The molecule has 0 fully saturated rings. The molecular weight excluding hydrogens is 348 g/mol. The second-order valence-electron chi connectivity index (χ2n) is 6.32. The van der Waals surface area contributed by atoms with Crippen LogP contribution in [0.15, 0.2) is 21.4 Å². The van der Waals surface area contributed by atoms with E-state index in [0.29, 0.717) is 16.7 Å². The number of aryl methyl sites for hydroxylation is 2. The van der Waals surface area contributed by atoms with Gasteiger partial charge in [-0.1, -0.05) is 15.9 Å². The summed E-state index contributed by atoms with van der Waals surface area (Å²) in [7, 11) is 0. The molecule has 1 aromatic heterocycles. The van der Waals surface area contributed by atoms with Crippen molar-refractivity contribution in [2.75, 3.05) is 0 Å². The Kier molecular flexibility index (Phi) is 4.42. The second-order valence-corrected chi connectivity index (χ2v) is 7.18. The van der Waals surface area contributed by atoms with Crippen LogP contribution in [-0.2, 0) is 16.3 Å². The minimum Gasteiger partial charge on any atom is -0.443 e. The number of nitrogens with zero attached hydrogens (tertiary/aromatic N) is 2. The smallest absolute Gasteiger partial charge is 0.312 e. The van der Waals surface area contributed by atoms with Crippen molar-refractivity contribution in [3.05, 3.63) is 38.3 Å². The predicted molar refractivity (Wildman–Crippen MR) is 88.7 cm³/mol. The van der Waals surface area contributed by atoms with Crippen LogP contribution in [0.1, 0.15) is 32.2 Å². The van der Waals surface area contributed by atoms with Gasteiger partial charge in [-0.3, -0.25) is 14.2 Å². The van der Waals surface area contributed by atoms with Gasteiger partial charge in [-0.2, -0.15) is 0 Å². The first kappa shape index (κ1) is 16.7. The molecule has 0 amide bonds. The molecule has 5 nitrogen and oxygen atoms in total. The highest BCUT2D eigenvalue weighted by molar-refractivity contribution is 9.10. The van der Waals surface area contributed by atoms with Gasteiger partial charge in [0.25, 0.3) is 5.56 Å². The zero-order valence-electron chi connectivity index (χ0n) is 13.4. The van der Waals surface area contributed by atoms with Crippen molar-refractivity contribution in [2.24, 2.45) is 5.41 Å². The van der Waals surface area contributed by atoms with Crippen molar-refractivity contribution >= 4 is 32.8 Å². The van der Waals surface area contributed by atoms with E-state index in [0.717, 1.165) is 10.0 Å². The summed E-state index contributed by atoms with van der Waals surface area (Å²) in [6.07, 6.45) is 0. The molecule has 118 valence electrons. The summed E-state index contributed by atoms with van der Waals surface area (Å²) < 4.78 is 7.51. The number of carbonyl (C=O) groups is 1. The molecule has 2 rings (SSSR count). The standard InChI is InChI=1S/C16H19BrN2O3/c1-9-6-11-13(7-12(9)17)18-10(2)19(14(11)20)8-22-15(21)16(3,4)5/h6-7H,8H2,1-5H3. The molecule has 1 aromatic carbocycles. The molecule has 0 atom stereocenters. The van der Waals surface area contributed by atoms with Crippen LogP contribution < -0.4 is 5.56 Å². The first-order chi connectivity index (χ1) is 10.1. The SMILES string of the molecule is Cc1cc2c(=O)n(COC(=O)C(C)(C)C)c(C)nc2cc1Br. The quantitative estimate of drug-likeness (QED) is 0.764. The molecule has 0 N–H and O–H groups in total. The molecular formula is C16H19BrN2O3. The van der Waals surface area contributed by atoms with Crippen LogP contribution in [0.5, 0.6) is 0 Å². The highest BCUT2D eigenvalue weighted by Gasteiger charge is 2.23. The van der Waals surface area contributed by atoms with Gasteiger partial charge in [0.05, 0.1) is 16.3 Å². The van der Waals surface area contributed by atoms with Crippen molar-refractivity contribution in [1.29, 1.82) is 0 Å². The fourth-order valence-corrected chi connectivity index (χ4v) is 2.28. The van der Waals surface area contributed by atoms with Gasteiger partial charge in [0, 0.05) is 4.47 Å². The summed E-state index contributed by atoms with van der Waals surface area (Å²) >= 11 is 3.44. The Morgan fingerprint density at radius 3 is 2.55 bits per heavy atom. The molecule has 22 heavy (non-hydrogen) atoms. The molecule has 0 spiro atoms. The lowest BCUT2D eigenvalue weighted by atomic mass is 9.98. The number of aromatic nitrogens is 2. The van der Waals surface area contributed by atoms with Crippen LogP contribution >= 0.6 is 15.9 Å². The molecule has 1 heterocycles. The normalized spacial score (nSPS) is 11.7. The van der Waals surface area contributed by atoms with Gasteiger partial charge < -0.3 is 4.74 Å². The molecule has 0 unspecified atom stereocenters. The van der Waals surface area contributed by atoms with Crippen LogP contribution in [0, 0.1) is 19.3 Å². The van der Waals surface area contributed by atoms with E-state index >= 15 is 0 Å². The number of halogens is 1. The third kappa shape index (κ3) is 3.21. The predicted octanol–water partition coefficient (Wildman–Crippen LogP) is 3.32. The largest absolute Gasteiger partial charge is 0.443 e. The monoisotopic (exact) mass is 366 g/mol. The lowest BCUT2D eigenvalue weighted by Crippen LogP contribution is -2.29. The number of esters is 1. The van der Waals surface area contributed by atoms with Crippen LogP contribution in [0.25, 0.3) is 10.9 Å². The van der Waals surface area contributed by atoms with Gasteiger partial charge in [-0.15, -0.1) is 0 Å². The maximum absolute atomic E-state index is 12.6. The summed E-state index contributed by atoms with van der Waals surface area (Å²) in [5, 5.41) is 0.512. The maximum atomic E-state index is 12.6. The van der Waals surface area contributed by atoms with Gasteiger partial charge in [0.1, 0.15) is 5.82 Å². The van der Waals surface area contributed by atoms with E-state index in [-0.39, 0.29) is 18.3 Å². The maximum Gasteiger partial charge on any atom is 0.312 e. The number of benzene rings is 1.